The molecule has 7 heteroatoms. The highest BCUT2D eigenvalue weighted by Gasteiger charge is 2.05. The summed E-state index contributed by atoms with van der Waals surface area (Å²) in [6.07, 6.45) is 3.03. The van der Waals surface area contributed by atoms with Gasteiger partial charge in [0.25, 0.3) is 5.91 Å². The number of nitrogens with zero attached hydrogens (tertiary/aromatic N) is 2. The van der Waals surface area contributed by atoms with Crippen LogP contribution < -0.4 is 10.1 Å². The molecule has 0 fully saturated rings. The smallest absolute Gasteiger partial charge is 0.257 e. The Morgan fingerprint density at radius 1 is 1.48 bits per heavy atom. The van der Waals surface area contributed by atoms with E-state index in [0.29, 0.717) is 12.3 Å². The molecule has 0 spiro atoms. The van der Waals surface area contributed by atoms with Gasteiger partial charge in [-0.05, 0) is 47.0 Å². The minimum Gasteiger partial charge on any atom is -0.483 e. The summed E-state index contributed by atoms with van der Waals surface area (Å²) in [5, 5.41) is 9.35. The number of ether oxygens (including phenoxy) is 1. The average Bonchev–Trinajstić information content (AvgIpc) is 2.96. The zero-order valence-corrected chi connectivity index (χ0v) is 13.3. The monoisotopic (exact) mass is 352 g/mol. The Morgan fingerprint density at radius 2 is 2.33 bits per heavy atom. The number of aromatic nitrogens is 3. The van der Waals surface area contributed by atoms with Crippen LogP contribution in [0, 0.1) is 6.92 Å². The fourth-order valence-electron chi connectivity index (χ4n) is 1.75. The van der Waals surface area contributed by atoms with Gasteiger partial charge in [0.2, 0.25) is 0 Å². The molecule has 0 aliphatic rings. The fraction of sp³-hybridized carbons (Fsp3) is 0.357. The number of carbonyl (C=O) groups excluding carboxylic acids is 1. The molecule has 1 heterocycles. The second-order valence-electron chi connectivity index (χ2n) is 4.61. The predicted octanol–water partition coefficient (Wildman–Crippen LogP) is 2.00. The fourth-order valence-corrected chi connectivity index (χ4v) is 2.36. The highest BCUT2D eigenvalue weighted by molar-refractivity contribution is 9.10. The van der Waals surface area contributed by atoms with Gasteiger partial charge < -0.3 is 10.1 Å². The Kier molecular flexibility index (Phi) is 5.74. The number of rotatable bonds is 7. The van der Waals surface area contributed by atoms with E-state index in [1.165, 1.54) is 6.33 Å². The summed E-state index contributed by atoms with van der Waals surface area (Å²) in [6, 6.07) is 5.73. The van der Waals surface area contributed by atoms with Crippen LogP contribution in [0.5, 0.6) is 5.75 Å². The molecule has 0 aliphatic heterocycles. The van der Waals surface area contributed by atoms with Crippen LogP contribution in [-0.4, -0.2) is 34.2 Å². The van der Waals surface area contributed by atoms with Crippen molar-refractivity contribution in [2.75, 3.05) is 13.2 Å². The summed E-state index contributed by atoms with van der Waals surface area (Å²) in [5.41, 5.74) is 1.13. The number of benzene rings is 1. The van der Waals surface area contributed by atoms with Crippen molar-refractivity contribution in [3.05, 3.63) is 40.4 Å². The SMILES string of the molecule is Cc1ccc(OCC(=O)NCCCc2ncn[nH]2)c(Br)c1. The lowest BCUT2D eigenvalue weighted by Gasteiger charge is -2.09. The molecule has 21 heavy (non-hydrogen) atoms. The molecular weight excluding hydrogens is 336 g/mol. The zero-order valence-electron chi connectivity index (χ0n) is 11.7. The molecule has 0 bridgehead atoms. The number of amides is 1. The van der Waals surface area contributed by atoms with Gasteiger partial charge in [0.1, 0.15) is 17.9 Å². The van der Waals surface area contributed by atoms with Gasteiger partial charge in [0.15, 0.2) is 6.61 Å². The van der Waals surface area contributed by atoms with Crippen LogP contribution >= 0.6 is 15.9 Å². The number of nitrogens with one attached hydrogen (secondary N) is 2. The summed E-state index contributed by atoms with van der Waals surface area (Å²) in [4.78, 5) is 15.7. The average molecular weight is 353 g/mol. The minimum atomic E-state index is -0.139. The van der Waals surface area contributed by atoms with Gasteiger partial charge in [-0.2, -0.15) is 5.10 Å². The maximum absolute atomic E-state index is 11.7. The second kappa shape index (κ2) is 7.78. The van der Waals surface area contributed by atoms with Crippen molar-refractivity contribution < 1.29 is 9.53 Å². The minimum absolute atomic E-state index is 0.00394. The Morgan fingerprint density at radius 3 is 3.05 bits per heavy atom. The van der Waals surface area contributed by atoms with Crippen LogP contribution in [0.2, 0.25) is 0 Å². The van der Waals surface area contributed by atoms with E-state index in [1.807, 2.05) is 25.1 Å². The van der Waals surface area contributed by atoms with E-state index in [9.17, 15) is 4.79 Å². The predicted molar refractivity (Wildman–Crippen MR) is 82.1 cm³/mol. The van der Waals surface area contributed by atoms with E-state index in [4.69, 9.17) is 4.74 Å². The third-order valence-electron chi connectivity index (χ3n) is 2.82. The lowest BCUT2D eigenvalue weighted by molar-refractivity contribution is -0.123. The van der Waals surface area contributed by atoms with Crippen LogP contribution in [-0.2, 0) is 11.2 Å². The Bertz CT molecular complexity index is 587. The quantitative estimate of drug-likeness (QED) is 0.747. The lowest BCUT2D eigenvalue weighted by Crippen LogP contribution is -2.30. The van der Waals surface area contributed by atoms with Crippen LogP contribution in [0.1, 0.15) is 17.8 Å². The maximum atomic E-state index is 11.7. The van der Waals surface area contributed by atoms with Crippen molar-refractivity contribution in [1.29, 1.82) is 0 Å². The maximum Gasteiger partial charge on any atom is 0.257 e. The molecule has 1 aromatic carbocycles. The van der Waals surface area contributed by atoms with Crippen molar-refractivity contribution in [2.45, 2.75) is 19.8 Å². The first kappa shape index (κ1) is 15.5. The van der Waals surface area contributed by atoms with Crippen LogP contribution in [0.15, 0.2) is 29.0 Å². The topological polar surface area (TPSA) is 79.9 Å². The van der Waals surface area contributed by atoms with Gasteiger partial charge in [-0.15, -0.1) is 0 Å². The highest BCUT2D eigenvalue weighted by Crippen LogP contribution is 2.25. The van der Waals surface area contributed by atoms with Gasteiger partial charge >= 0.3 is 0 Å². The standard InChI is InChI=1S/C14H17BrN4O2/c1-10-4-5-12(11(15)7-10)21-8-14(20)16-6-2-3-13-17-9-18-19-13/h4-5,7,9H,2-3,6,8H2,1H3,(H,16,20)(H,17,18,19). The van der Waals surface area contributed by atoms with Gasteiger partial charge in [0, 0.05) is 13.0 Å². The molecule has 0 aliphatic carbocycles. The molecule has 6 nitrogen and oxygen atoms in total. The third-order valence-corrected chi connectivity index (χ3v) is 3.44. The molecule has 0 radical (unpaired) electrons. The van der Waals surface area contributed by atoms with E-state index in [-0.39, 0.29) is 12.5 Å². The van der Waals surface area contributed by atoms with Gasteiger partial charge in [-0.25, -0.2) is 4.98 Å². The van der Waals surface area contributed by atoms with Crippen LogP contribution in [0.3, 0.4) is 0 Å². The van der Waals surface area contributed by atoms with Crippen molar-refractivity contribution in [2.24, 2.45) is 0 Å². The number of aryl methyl sites for hydroxylation is 2. The van der Waals surface area contributed by atoms with E-state index in [0.717, 1.165) is 28.7 Å². The van der Waals surface area contributed by atoms with Gasteiger partial charge in [-0.3, -0.25) is 9.89 Å². The first-order chi connectivity index (χ1) is 10.1. The zero-order chi connectivity index (χ0) is 15.1. The summed E-state index contributed by atoms with van der Waals surface area (Å²) in [5.74, 6) is 1.35. The Hall–Kier alpha value is -1.89. The summed E-state index contributed by atoms with van der Waals surface area (Å²) in [6.45, 7) is 2.58. The molecular formula is C14H17BrN4O2. The molecule has 1 aromatic heterocycles. The van der Waals surface area contributed by atoms with E-state index >= 15 is 0 Å². The van der Waals surface area contributed by atoms with Crippen LogP contribution in [0.25, 0.3) is 0 Å². The molecule has 112 valence electrons. The number of aromatic amines is 1. The van der Waals surface area contributed by atoms with Crippen molar-refractivity contribution in [1.82, 2.24) is 20.5 Å². The lowest BCUT2D eigenvalue weighted by atomic mass is 10.2. The molecule has 0 saturated heterocycles. The van der Waals surface area contributed by atoms with Crippen molar-refractivity contribution in [3.63, 3.8) is 0 Å². The number of carbonyl (C=O) groups is 1. The first-order valence-electron chi connectivity index (χ1n) is 6.65. The van der Waals surface area contributed by atoms with E-state index in [2.05, 4.69) is 36.4 Å². The van der Waals surface area contributed by atoms with Gasteiger partial charge in [0.05, 0.1) is 4.47 Å². The number of hydrogen-bond acceptors (Lipinski definition) is 4. The molecule has 2 aromatic rings. The van der Waals surface area contributed by atoms with Gasteiger partial charge in [-0.1, -0.05) is 6.07 Å². The number of halogens is 1. The number of hydrogen-bond donors (Lipinski definition) is 2. The summed E-state index contributed by atoms with van der Waals surface area (Å²) < 4.78 is 6.32. The van der Waals surface area contributed by atoms with Crippen molar-refractivity contribution in [3.8, 4) is 5.75 Å². The molecule has 0 unspecified atom stereocenters. The highest BCUT2D eigenvalue weighted by atomic mass is 79.9. The molecule has 1 amide bonds. The normalized spacial score (nSPS) is 10.4. The molecule has 2 rings (SSSR count). The number of H-pyrrole nitrogens is 1. The van der Waals surface area contributed by atoms with E-state index < -0.39 is 0 Å². The second-order valence-corrected chi connectivity index (χ2v) is 5.46. The molecule has 2 N–H and O–H groups in total. The van der Waals surface area contributed by atoms with E-state index in [1.54, 1.807) is 0 Å². The van der Waals surface area contributed by atoms with Crippen molar-refractivity contribution >= 4 is 21.8 Å². The summed E-state index contributed by atoms with van der Waals surface area (Å²) >= 11 is 3.41. The Labute approximate surface area is 131 Å². The molecule has 0 atom stereocenters. The largest absolute Gasteiger partial charge is 0.483 e. The van der Waals surface area contributed by atoms with Crippen LogP contribution in [0.4, 0.5) is 0 Å². The Balaban J connectivity index is 1.65. The third kappa shape index (κ3) is 5.18. The summed E-state index contributed by atoms with van der Waals surface area (Å²) in [7, 11) is 0. The first-order valence-corrected chi connectivity index (χ1v) is 7.44. The molecule has 0 saturated carbocycles.